The molecule has 7 nitrogen and oxygen atoms in total. The molecule has 1 aromatic carbocycles. The number of nitrogens with one attached hydrogen (secondary N) is 2. The summed E-state index contributed by atoms with van der Waals surface area (Å²) in [6.07, 6.45) is 5.53. The Morgan fingerprint density at radius 1 is 1.27 bits per heavy atom. The second kappa shape index (κ2) is 11.9. The molecule has 7 heteroatoms. The average Bonchev–Trinajstić information content (AvgIpc) is 2.70. The summed E-state index contributed by atoms with van der Waals surface area (Å²) >= 11 is 0. The minimum absolute atomic E-state index is 0.0605. The van der Waals surface area contributed by atoms with Crippen molar-refractivity contribution in [2.45, 2.75) is 90.4 Å². The Bertz CT molecular complexity index is 842. The molecule has 0 radical (unpaired) electrons. The van der Waals surface area contributed by atoms with Crippen molar-refractivity contribution in [3.8, 4) is 0 Å². The molecule has 0 bridgehead atoms. The number of benzene rings is 1. The molecule has 3 amide bonds. The number of carbonyl (C=O) groups excluding carboxylic acids is 3. The van der Waals surface area contributed by atoms with E-state index in [4.69, 9.17) is 4.74 Å². The molecule has 2 unspecified atom stereocenters. The third-order valence-corrected chi connectivity index (χ3v) is 5.64. The largest absolute Gasteiger partial charge is 0.444 e. The van der Waals surface area contributed by atoms with E-state index in [-0.39, 0.29) is 17.9 Å². The summed E-state index contributed by atoms with van der Waals surface area (Å²) < 4.78 is 5.32. The molecule has 1 aliphatic carbocycles. The van der Waals surface area contributed by atoms with Crippen LogP contribution in [0.4, 0.5) is 4.79 Å². The zero-order valence-corrected chi connectivity index (χ0v) is 20.6. The van der Waals surface area contributed by atoms with E-state index in [0.717, 1.165) is 43.2 Å². The standard InChI is InChI=1S/C26H39N3O4/c1-7-9-16-27-23(30)22(20-13-10-12-19(8-2)17-20)29(21-14-11-15-21)24(31)18(3)28-25(32)33-26(4,5)6/h8,10,12-13,17-18,21-22H,2,7,9,11,14-16H2,1,3-6H3,(H,27,30)(H,28,32). The Labute approximate surface area is 197 Å². The SMILES string of the molecule is C=Cc1cccc(C(C(=O)NCCCC)N(C(=O)C(C)NC(=O)OC(C)(C)C)C2CCC2)c1. The van der Waals surface area contributed by atoms with Gasteiger partial charge in [-0.25, -0.2) is 4.79 Å². The molecule has 1 fully saturated rings. The number of hydrogen-bond acceptors (Lipinski definition) is 4. The van der Waals surface area contributed by atoms with Crippen molar-refractivity contribution in [2.75, 3.05) is 6.54 Å². The normalized spacial score (nSPS) is 15.5. The van der Waals surface area contributed by atoms with Gasteiger partial charge in [-0.05, 0) is 70.6 Å². The van der Waals surface area contributed by atoms with E-state index in [1.165, 1.54) is 0 Å². The molecule has 2 atom stereocenters. The topological polar surface area (TPSA) is 87.7 Å². The number of unbranched alkanes of at least 4 members (excludes halogenated alkanes) is 1. The molecule has 1 saturated carbocycles. The predicted octanol–water partition coefficient (Wildman–Crippen LogP) is 4.58. The van der Waals surface area contributed by atoms with Crippen molar-refractivity contribution in [3.05, 3.63) is 42.0 Å². The molecular weight excluding hydrogens is 418 g/mol. The van der Waals surface area contributed by atoms with E-state index in [1.807, 2.05) is 24.3 Å². The molecule has 0 spiro atoms. The summed E-state index contributed by atoms with van der Waals surface area (Å²) in [5, 5.41) is 5.64. The maximum Gasteiger partial charge on any atom is 0.408 e. The highest BCUT2D eigenvalue weighted by Crippen LogP contribution is 2.34. The highest BCUT2D eigenvalue weighted by molar-refractivity contribution is 5.92. The summed E-state index contributed by atoms with van der Waals surface area (Å²) in [6.45, 7) is 13.4. The van der Waals surface area contributed by atoms with E-state index >= 15 is 0 Å². The fourth-order valence-electron chi connectivity index (χ4n) is 3.73. The van der Waals surface area contributed by atoms with Crippen molar-refractivity contribution in [1.82, 2.24) is 15.5 Å². The zero-order chi connectivity index (χ0) is 24.6. The van der Waals surface area contributed by atoms with Crippen molar-refractivity contribution >= 4 is 24.0 Å². The van der Waals surface area contributed by atoms with Crippen LogP contribution in [0.25, 0.3) is 6.08 Å². The maximum absolute atomic E-state index is 13.6. The Hall–Kier alpha value is -2.83. The van der Waals surface area contributed by atoms with Gasteiger partial charge in [0.2, 0.25) is 11.8 Å². The highest BCUT2D eigenvalue weighted by atomic mass is 16.6. The number of alkyl carbamates (subject to hydrolysis) is 1. The summed E-state index contributed by atoms with van der Waals surface area (Å²) in [6, 6.07) is 5.84. The molecule has 0 saturated heterocycles. The van der Waals surface area contributed by atoms with Crippen LogP contribution < -0.4 is 10.6 Å². The number of amides is 3. The number of rotatable bonds is 10. The minimum Gasteiger partial charge on any atom is -0.444 e. The average molecular weight is 458 g/mol. The molecule has 1 aliphatic rings. The number of ether oxygens (including phenoxy) is 1. The van der Waals surface area contributed by atoms with E-state index in [2.05, 4.69) is 24.1 Å². The fourth-order valence-corrected chi connectivity index (χ4v) is 3.73. The first-order valence-electron chi connectivity index (χ1n) is 11.9. The Kier molecular flexibility index (Phi) is 9.50. The lowest BCUT2D eigenvalue weighted by molar-refractivity contribution is -0.147. The molecule has 0 aliphatic heterocycles. The molecule has 0 aromatic heterocycles. The smallest absolute Gasteiger partial charge is 0.408 e. The van der Waals surface area contributed by atoms with Crippen LogP contribution in [-0.2, 0) is 14.3 Å². The maximum atomic E-state index is 13.6. The lowest BCUT2D eigenvalue weighted by Crippen LogP contribution is -2.56. The molecule has 0 heterocycles. The van der Waals surface area contributed by atoms with Crippen LogP contribution in [0.15, 0.2) is 30.8 Å². The Balaban J connectivity index is 2.36. The van der Waals surface area contributed by atoms with E-state index in [9.17, 15) is 14.4 Å². The zero-order valence-electron chi connectivity index (χ0n) is 20.6. The van der Waals surface area contributed by atoms with E-state index in [1.54, 1.807) is 38.7 Å². The lowest BCUT2D eigenvalue weighted by atomic mass is 9.88. The van der Waals surface area contributed by atoms with Crippen molar-refractivity contribution < 1.29 is 19.1 Å². The van der Waals surface area contributed by atoms with Gasteiger partial charge in [0.1, 0.15) is 17.7 Å². The molecular formula is C26H39N3O4. The van der Waals surface area contributed by atoms with Crippen molar-refractivity contribution in [2.24, 2.45) is 0 Å². The van der Waals surface area contributed by atoms with Crippen LogP contribution in [0.5, 0.6) is 0 Å². The number of carbonyl (C=O) groups is 3. The number of hydrogen-bond donors (Lipinski definition) is 2. The van der Waals surface area contributed by atoms with Gasteiger partial charge in [-0.3, -0.25) is 9.59 Å². The lowest BCUT2D eigenvalue weighted by Gasteiger charge is -2.43. The van der Waals surface area contributed by atoms with Gasteiger partial charge in [-0.1, -0.05) is 44.2 Å². The monoisotopic (exact) mass is 457 g/mol. The first-order valence-corrected chi connectivity index (χ1v) is 11.9. The van der Waals surface area contributed by atoms with Gasteiger partial charge in [-0.2, -0.15) is 0 Å². The molecule has 33 heavy (non-hydrogen) atoms. The van der Waals surface area contributed by atoms with Crippen LogP contribution in [0.1, 0.15) is 83.9 Å². The fraction of sp³-hybridized carbons (Fsp3) is 0.577. The van der Waals surface area contributed by atoms with Crippen LogP contribution >= 0.6 is 0 Å². The van der Waals surface area contributed by atoms with Crippen LogP contribution in [0.2, 0.25) is 0 Å². The second-order valence-electron chi connectivity index (χ2n) is 9.62. The third kappa shape index (κ3) is 7.62. The van der Waals surface area contributed by atoms with Crippen molar-refractivity contribution in [3.63, 3.8) is 0 Å². The Morgan fingerprint density at radius 2 is 1.97 bits per heavy atom. The van der Waals surface area contributed by atoms with E-state index in [0.29, 0.717) is 6.54 Å². The minimum atomic E-state index is -0.839. The third-order valence-electron chi connectivity index (χ3n) is 5.64. The van der Waals surface area contributed by atoms with Crippen LogP contribution in [-0.4, -0.2) is 47.0 Å². The first kappa shape index (κ1) is 26.4. The second-order valence-corrected chi connectivity index (χ2v) is 9.62. The van der Waals surface area contributed by atoms with Gasteiger partial charge < -0.3 is 20.3 Å². The van der Waals surface area contributed by atoms with Crippen LogP contribution in [0.3, 0.4) is 0 Å². The van der Waals surface area contributed by atoms with Gasteiger partial charge in [0, 0.05) is 12.6 Å². The van der Waals surface area contributed by atoms with Gasteiger partial charge in [0.15, 0.2) is 0 Å². The van der Waals surface area contributed by atoms with E-state index < -0.39 is 23.8 Å². The van der Waals surface area contributed by atoms with Gasteiger partial charge in [0.05, 0.1) is 0 Å². The Morgan fingerprint density at radius 3 is 2.52 bits per heavy atom. The molecule has 2 rings (SSSR count). The molecule has 2 N–H and O–H groups in total. The summed E-state index contributed by atoms with van der Waals surface area (Å²) in [4.78, 5) is 41.0. The van der Waals surface area contributed by atoms with Gasteiger partial charge >= 0.3 is 6.09 Å². The highest BCUT2D eigenvalue weighted by Gasteiger charge is 2.40. The summed E-state index contributed by atoms with van der Waals surface area (Å²) in [7, 11) is 0. The van der Waals surface area contributed by atoms with Gasteiger partial charge in [-0.15, -0.1) is 0 Å². The number of nitrogens with zero attached hydrogens (tertiary/aromatic N) is 1. The van der Waals surface area contributed by atoms with Gasteiger partial charge in [0.25, 0.3) is 0 Å². The quantitative estimate of drug-likeness (QED) is 0.504. The molecule has 182 valence electrons. The molecule has 1 aromatic rings. The van der Waals surface area contributed by atoms with Crippen LogP contribution in [0, 0.1) is 0 Å². The van der Waals surface area contributed by atoms with Crippen molar-refractivity contribution in [1.29, 1.82) is 0 Å². The summed E-state index contributed by atoms with van der Waals surface area (Å²) in [5.41, 5.74) is 0.929. The predicted molar refractivity (Wildman–Crippen MR) is 131 cm³/mol. The summed E-state index contributed by atoms with van der Waals surface area (Å²) in [5.74, 6) is -0.514. The first-order chi connectivity index (χ1) is 15.6.